The molecule has 0 aliphatic rings. The van der Waals surface area contributed by atoms with Crippen molar-refractivity contribution in [2.24, 2.45) is 0 Å². The lowest BCUT2D eigenvalue weighted by molar-refractivity contribution is 0.673. The van der Waals surface area contributed by atoms with Crippen LogP contribution in [0, 0.1) is 0 Å². The van der Waals surface area contributed by atoms with Crippen molar-refractivity contribution in [3.63, 3.8) is 0 Å². The van der Waals surface area contributed by atoms with E-state index in [1.54, 1.807) is 0 Å². The molecule has 3 nitrogen and oxygen atoms in total. The third-order valence-electron chi connectivity index (χ3n) is 10.5. The third kappa shape index (κ3) is 4.19. The van der Waals surface area contributed by atoms with Crippen LogP contribution in [0.2, 0.25) is 0 Å². The Morgan fingerprint density at radius 1 is 0.314 bits per heavy atom. The first-order valence-corrected chi connectivity index (χ1v) is 17.4. The van der Waals surface area contributed by atoms with Crippen LogP contribution in [0.15, 0.2) is 186 Å². The van der Waals surface area contributed by atoms with Gasteiger partial charge in [0.2, 0.25) is 0 Å². The summed E-state index contributed by atoms with van der Waals surface area (Å²) in [5, 5.41) is 7.05. The third-order valence-corrected chi connectivity index (χ3v) is 10.5. The summed E-state index contributed by atoms with van der Waals surface area (Å²) in [6, 6.07) is 65.4. The molecule has 0 fully saturated rings. The molecular formula is C48H30N2O. The van der Waals surface area contributed by atoms with E-state index < -0.39 is 0 Å². The van der Waals surface area contributed by atoms with Crippen LogP contribution < -0.4 is 0 Å². The smallest absolute Gasteiger partial charge is 0.145 e. The van der Waals surface area contributed by atoms with Crippen LogP contribution >= 0.6 is 0 Å². The summed E-state index contributed by atoms with van der Waals surface area (Å²) < 4.78 is 11.6. The zero-order valence-corrected chi connectivity index (χ0v) is 27.6. The van der Waals surface area contributed by atoms with E-state index in [4.69, 9.17) is 4.42 Å². The predicted molar refractivity (Wildman–Crippen MR) is 213 cm³/mol. The zero-order valence-electron chi connectivity index (χ0n) is 27.6. The number of hydrogen-bond acceptors (Lipinski definition) is 1. The molecule has 3 heteroatoms. The van der Waals surface area contributed by atoms with Crippen molar-refractivity contribution < 1.29 is 4.42 Å². The average Bonchev–Trinajstić information content (AvgIpc) is 3.86. The van der Waals surface area contributed by atoms with Gasteiger partial charge in [0.1, 0.15) is 11.2 Å². The van der Waals surface area contributed by atoms with Crippen LogP contribution in [0.25, 0.3) is 99.2 Å². The Bertz CT molecular complexity index is 3050. The van der Waals surface area contributed by atoms with E-state index in [9.17, 15) is 0 Å². The van der Waals surface area contributed by atoms with Gasteiger partial charge in [0.25, 0.3) is 0 Å². The van der Waals surface area contributed by atoms with E-state index in [-0.39, 0.29) is 0 Å². The Labute approximate surface area is 293 Å². The number of aromatic nitrogens is 2. The molecule has 238 valence electrons. The molecule has 8 aromatic carbocycles. The number of hydrogen-bond donors (Lipinski definition) is 0. The van der Waals surface area contributed by atoms with Crippen LogP contribution in [0.4, 0.5) is 0 Å². The first-order chi connectivity index (χ1) is 25.3. The van der Waals surface area contributed by atoms with Crippen LogP contribution in [0.3, 0.4) is 0 Å². The Morgan fingerprint density at radius 3 is 1.57 bits per heavy atom. The molecule has 0 saturated heterocycles. The molecule has 0 bridgehead atoms. The molecule has 0 aliphatic carbocycles. The van der Waals surface area contributed by atoms with Crippen molar-refractivity contribution in [3.05, 3.63) is 182 Å². The van der Waals surface area contributed by atoms with Crippen molar-refractivity contribution in [2.45, 2.75) is 0 Å². The molecule has 0 amide bonds. The minimum Gasteiger partial charge on any atom is -0.455 e. The number of para-hydroxylation sites is 2. The maximum atomic E-state index is 6.79. The quantitative estimate of drug-likeness (QED) is 0.186. The van der Waals surface area contributed by atoms with E-state index in [0.29, 0.717) is 0 Å². The Balaban J connectivity index is 1.20. The Kier molecular flexibility index (Phi) is 5.96. The summed E-state index contributed by atoms with van der Waals surface area (Å²) in [6.07, 6.45) is 0. The van der Waals surface area contributed by atoms with Crippen LogP contribution in [-0.4, -0.2) is 9.13 Å². The van der Waals surface area contributed by atoms with Crippen LogP contribution in [0.5, 0.6) is 0 Å². The molecule has 0 radical (unpaired) electrons. The minimum absolute atomic E-state index is 0.896. The molecule has 0 atom stereocenters. The first-order valence-electron chi connectivity index (χ1n) is 17.4. The molecule has 0 saturated carbocycles. The second kappa shape index (κ2) is 10.8. The Hall–Kier alpha value is -6.84. The average molecular weight is 651 g/mol. The largest absolute Gasteiger partial charge is 0.455 e. The lowest BCUT2D eigenvalue weighted by Gasteiger charge is -2.12. The van der Waals surface area contributed by atoms with Crippen LogP contribution in [-0.2, 0) is 0 Å². The van der Waals surface area contributed by atoms with Crippen molar-refractivity contribution in [1.29, 1.82) is 0 Å². The molecule has 0 spiro atoms. The molecule has 0 N–H and O–H groups in total. The highest BCUT2D eigenvalue weighted by molar-refractivity contribution is 6.24. The molecule has 0 aliphatic heterocycles. The number of fused-ring (bicyclic) bond motifs is 10. The zero-order chi connectivity index (χ0) is 33.5. The van der Waals surface area contributed by atoms with E-state index >= 15 is 0 Å². The van der Waals surface area contributed by atoms with E-state index in [1.807, 2.05) is 0 Å². The topological polar surface area (TPSA) is 23.0 Å². The SMILES string of the molecule is c1ccc(-c2ccc(-n3c4cc(-n5c6ccccc6c6ccccc65)ccc4c4c5oc6ccc(-c7ccccc7)cc6c5ccc43)cc2)cc1. The fraction of sp³-hybridized carbons (Fsp3) is 0. The van der Waals surface area contributed by atoms with Gasteiger partial charge in [0.15, 0.2) is 0 Å². The Morgan fingerprint density at radius 2 is 0.863 bits per heavy atom. The summed E-state index contributed by atoms with van der Waals surface area (Å²) in [7, 11) is 0. The van der Waals surface area contributed by atoms with Crippen molar-refractivity contribution in [1.82, 2.24) is 9.13 Å². The van der Waals surface area contributed by atoms with Gasteiger partial charge in [-0.1, -0.05) is 115 Å². The molecule has 3 heterocycles. The molecule has 0 unspecified atom stereocenters. The number of benzene rings is 8. The molecule has 11 aromatic rings. The summed E-state index contributed by atoms with van der Waals surface area (Å²) in [6.45, 7) is 0. The van der Waals surface area contributed by atoms with Gasteiger partial charge in [0.05, 0.1) is 27.5 Å². The van der Waals surface area contributed by atoms with Gasteiger partial charge in [-0.3, -0.25) is 0 Å². The number of rotatable bonds is 4. The van der Waals surface area contributed by atoms with E-state index in [0.717, 1.165) is 55.1 Å². The van der Waals surface area contributed by atoms with Gasteiger partial charge in [-0.2, -0.15) is 0 Å². The number of nitrogens with zero attached hydrogens (tertiary/aromatic N) is 2. The van der Waals surface area contributed by atoms with Gasteiger partial charge in [0, 0.05) is 38.3 Å². The molecule has 11 rings (SSSR count). The van der Waals surface area contributed by atoms with Gasteiger partial charge < -0.3 is 13.6 Å². The van der Waals surface area contributed by atoms with E-state index in [2.05, 4.69) is 191 Å². The van der Waals surface area contributed by atoms with Crippen molar-refractivity contribution in [2.75, 3.05) is 0 Å². The maximum absolute atomic E-state index is 6.79. The second-order valence-electron chi connectivity index (χ2n) is 13.3. The van der Waals surface area contributed by atoms with Gasteiger partial charge >= 0.3 is 0 Å². The lowest BCUT2D eigenvalue weighted by Crippen LogP contribution is -1.97. The fourth-order valence-electron chi connectivity index (χ4n) is 8.18. The number of furan rings is 1. The van der Waals surface area contributed by atoms with Gasteiger partial charge in [-0.05, 0) is 89.0 Å². The normalized spacial score (nSPS) is 11.9. The second-order valence-corrected chi connectivity index (χ2v) is 13.3. The highest BCUT2D eigenvalue weighted by atomic mass is 16.3. The summed E-state index contributed by atoms with van der Waals surface area (Å²) >= 11 is 0. The summed E-state index contributed by atoms with van der Waals surface area (Å²) in [5.41, 5.74) is 13.5. The molecule has 51 heavy (non-hydrogen) atoms. The monoisotopic (exact) mass is 650 g/mol. The molecule has 3 aromatic heterocycles. The highest BCUT2D eigenvalue weighted by Gasteiger charge is 2.21. The van der Waals surface area contributed by atoms with Gasteiger partial charge in [-0.15, -0.1) is 0 Å². The van der Waals surface area contributed by atoms with Crippen molar-refractivity contribution >= 4 is 65.6 Å². The molecular weight excluding hydrogens is 621 g/mol. The highest BCUT2D eigenvalue weighted by Crippen LogP contribution is 2.43. The fourth-order valence-corrected chi connectivity index (χ4v) is 8.18. The maximum Gasteiger partial charge on any atom is 0.145 e. The summed E-state index contributed by atoms with van der Waals surface area (Å²) in [4.78, 5) is 0. The lowest BCUT2D eigenvalue weighted by atomic mass is 10.0. The van der Waals surface area contributed by atoms with E-state index in [1.165, 1.54) is 44.1 Å². The van der Waals surface area contributed by atoms with Crippen molar-refractivity contribution in [3.8, 4) is 33.6 Å². The minimum atomic E-state index is 0.896. The first kappa shape index (κ1) is 28.0. The van der Waals surface area contributed by atoms with Gasteiger partial charge in [-0.25, -0.2) is 0 Å². The van der Waals surface area contributed by atoms with Crippen LogP contribution in [0.1, 0.15) is 0 Å². The predicted octanol–water partition coefficient (Wildman–Crippen LogP) is 13.1. The standard InChI is InChI=1S/C48H30N2O/c1-3-11-31(12-4-1)33-19-22-35(23-20-33)49-44-27-26-39-41-29-34(32-13-5-2-6-14-32)21-28-46(41)51-48(39)47(44)40-25-24-36(30-45(40)49)50-42-17-9-7-15-37(42)38-16-8-10-18-43(38)50/h1-30H. The summed E-state index contributed by atoms with van der Waals surface area (Å²) in [5.74, 6) is 0.